The second-order valence-electron chi connectivity index (χ2n) is 4.42. The normalized spacial score (nSPS) is 11.6. The Balaban J connectivity index is 2.70. The topological polar surface area (TPSA) is 43.3 Å². The highest BCUT2D eigenvalue weighted by Gasteiger charge is 2.12. The van der Waals surface area contributed by atoms with Crippen LogP contribution in [0, 0.1) is 0 Å². The van der Waals surface area contributed by atoms with Gasteiger partial charge in [-0.15, -0.1) is 0 Å². The highest BCUT2D eigenvalue weighted by atomic mass is 15.0. The highest BCUT2D eigenvalue weighted by molar-refractivity contribution is 5.54. The molecule has 3 nitrogen and oxygen atoms in total. The Kier molecular flexibility index (Phi) is 2.97. The molecule has 2 aromatic heterocycles. The number of aryl methyl sites for hydroxylation is 1. The van der Waals surface area contributed by atoms with Gasteiger partial charge in [0.05, 0.1) is 11.2 Å². The average Bonchev–Trinajstić information content (AvgIpc) is 2.66. The lowest BCUT2D eigenvalue weighted by Gasteiger charge is -2.05. The molecule has 0 saturated carbocycles. The standard InChI is InChI=1S/C13H19N3/c1-4-10-5-6-12-11(7-14)15-13(9(2)3)16(12)8-10/h5-6,8-9H,4,7,14H2,1-3H3. The van der Waals surface area contributed by atoms with Gasteiger partial charge < -0.3 is 10.1 Å². The van der Waals surface area contributed by atoms with E-state index in [1.165, 1.54) is 5.56 Å². The van der Waals surface area contributed by atoms with Crippen LogP contribution in [0.3, 0.4) is 0 Å². The third-order valence-corrected chi connectivity index (χ3v) is 2.92. The number of fused-ring (bicyclic) bond motifs is 1. The molecule has 0 fully saturated rings. The first-order valence-electron chi connectivity index (χ1n) is 5.87. The van der Waals surface area contributed by atoms with Crippen LogP contribution in [0.15, 0.2) is 18.3 Å². The first kappa shape index (κ1) is 11.1. The Bertz CT molecular complexity index is 497. The van der Waals surface area contributed by atoms with E-state index < -0.39 is 0 Å². The summed E-state index contributed by atoms with van der Waals surface area (Å²) in [6.07, 6.45) is 3.22. The van der Waals surface area contributed by atoms with E-state index in [9.17, 15) is 0 Å². The number of nitrogens with two attached hydrogens (primary N) is 1. The SMILES string of the molecule is CCc1ccc2c(CN)nc(C(C)C)n2c1. The van der Waals surface area contributed by atoms with E-state index in [1.807, 2.05) is 0 Å². The minimum Gasteiger partial charge on any atom is -0.325 e. The summed E-state index contributed by atoms with van der Waals surface area (Å²) in [5.74, 6) is 1.52. The monoisotopic (exact) mass is 217 g/mol. The van der Waals surface area contributed by atoms with Gasteiger partial charge in [-0.3, -0.25) is 0 Å². The van der Waals surface area contributed by atoms with Gasteiger partial charge in [0, 0.05) is 18.7 Å². The van der Waals surface area contributed by atoms with Crippen molar-refractivity contribution in [2.24, 2.45) is 5.73 Å². The summed E-state index contributed by atoms with van der Waals surface area (Å²) in [6, 6.07) is 4.28. The Labute approximate surface area is 96.3 Å². The molecule has 0 aliphatic rings. The Morgan fingerprint density at radius 3 is 2.69 bits per heavy atom. The van der Waals surface area contributed by atoms with Gasteiger partial charge in [-0.2, -0.15) is 0 Å². The fourth-order valence-corrected chi connectivity index (χ4v) is 1.99. The fraction of sp³-hybridized carbons (Fsp3) is 0.462. The molecule has 2 aromatic rings. The van der Waals surface area contributed by atoms with Crippen LogP contribution < -0.4 is 5.73 Å². The molecule has 0 spiro atoms. The van der Waals surface area contributed by atoms with Gasteiger partial charge in [0.15, 0.2) is 0 Å². The van der Waals surface area contributed by atoms with Gasteiger partial charge >= 0.3 is 0 Å². The average molecular weight is 217 g/mol. The van der Waals surface area contributed by atoms with E-state index >= 15 is 0 Å². The van der Waals surface area contributed by atoms with Gasteiger partial charge in [0.1, 0.15) is 5.82 Å². The predicted molar refractivity (Wildman–Crippen MR) is 66.6 cm³/mol. The van der Waals surface area contributed by atoms with E-state index in [0.717, 1.165) is 23.5 Å². The van der Waals surface area contributed by atoms with Crippen LogP contribution in [-0.4, -0.2) is 9.38 Å². The van der Waals surface area contributed by atoms with E-state index in [4.69, 9.17) is 5.73 Å². The van der Waals surface area contributed by atoms with Gasteiger partial charge in [-0.05, 0) is 18.1 Å². The van der Waals surface area contributed by atoms with Crippen LogP contribution in [0.1, 0.15) is 43.8 Å². The molecule has 2 heterocycles. The Morgan fingerprint density at radius 2 is 2.12 bits per heavy atom. The van der Waals surface area contributed by atoms with Gasteiger partial charge in [0.2, 0.25) is 0 Å². The summed E-state index contributed by atoms with van der Waals surface area (Å²) in [4.78, 5) is 4.62. The number of nitrogens with zero attached hydrogens (tertiary/aromatic N) is 2. The van der Waals surface area contributed by atoms with Crippen molar-refractivity contribution < 1.29 is 0 Å². The van der Waals surface area contributed by atoms with Crippen LogP contribution in [0.5, 0.6) is 0 Å². The van der Waals surface area contributed by atoms with Crippen LogP contribution in [0.4, 0.5) is 0 Å². The summed E-state index contributed by atoms with van der Waals surface area (Å²) in [7, 11) is 0. The van der Waals surface area contributed by atoms with Crippen molar-refractivity contribution in [3.05, 3.63) is 35.4 Å². The lowest BCUT2D eigenvalue weighted by Crippen LogP contribution is -1.97. The van der Waals surface area contributed by atoms with E-state index in [2.05, 4.69) is 48.5 Å². The van der Waals surface area contributed by atoms with Crippen LogP contribution in [0.2, 0.25) is 0 Å². The van der Waals surface area contributed by atoms with Crippen molar-refractivity contribution in [3.63, 3.8) is 0 Å². The molecule has 0 aromatic carbocycles. The van der Waals surface area contributed by atoms with Gasteiger partial charge in [-0.25, -0.2) is 4.98 Å². The number of aromatic nitrogens is 2. The molecule has 0 radical (unpaired) electrons. The lowest BCUT2D eigenvalue weighted by atomic mass is 10.2. The van der Waals surface area contributed by atoms with Crippen molar-refractivity contribution >= 4 is 5.52 Å². The minimum atomic E-state index is 0.417. The quantitative estimate of drug-likeness (QED) is 0.858. The number of pyridine rings is 1. The smallest absolute Gasteiger partial charge is 0.116 e. The van der Waals surface area contributed by atoms with Crippen molar-refractivity contribution in [2.75, 3.05) is 0 Å². The number of hydrogen-bond acceptors (Lipinski definition) is 2. The summed E-state index contributed by atoms with van der Waals surface area (Å²) in [6.45, 7) is 6.99. The third kappa shape index (κ3) is 1.71. The van der Waals surface area contributed by atoms with Crippen molar-refractivity contribution in [3.8, 4) is 0 Å². The molecule has 0 aliphatic carbocycles. The number of rotatable bonds is 3. The number of hydrogen-bond donors (Lipinski definition) is 1. The highest BCUT2D eigenvalue weighted by Crippen LogP contribution is 2.20. The molecule has 2 rings (SSSR count). The maximum Gasteiger partial charge on any atom is 0.116 e. The van der Waals surface area contributed by atoms with Crippen molar-refractivity contribution in [1.82, 2.24) is 9.38 Å². The molecule has 86 valence electrons. The summed E-state index contributed by atoms with van der Waals surface area (Å²) in [5.41, 5.74) is 9.19. The van der Waals surface area contributed by atoms with Gasteiger partial charge in [0.25, 0.3) is 0 Å². The predicted octanol–water partition coefficient (Wildman–Crippen LogP) is 2.48. The second-order valence-corrected chi connectivity index (χ2v) is 4.42. The van der Waals surface area contributed by atoms with Crippen LogP contribution in [0.25, 0.3) is 5.52 Å². The summed E-state index contributed by atoms with van der Waals surface area (Å²) < 4.78 is 2.19. The molecule has 0 atom stereocenters. The van der Waals surface area contributed by atoms with Gasteiger partial charge in [-0.1, -0.05) is 26.8 Å². The zero-order valence-corrected chi connectivity index (χ0v) is 10.2. The van der Waals surface area contributed by atoms with E-state index in [0.29, 0.717) is 12.5 Å². The maximum absolute atomic E-state index is 5.72. The molecule has 0 amide bonds. The minimum absolute atomic E-state index is 0.417. The summed E-state index contributed by atoms with van der Waals surface area (Å²) in [5, 5.41) is 0. The molecule has 0 unspecified atom stereocenters. The van der Waals surface area contributed by atoms with Crippen molar-refractivity contribution in [1.29, 1.82) is 0 Å². The van der Waals surface area contributed by atoms with E-state index in [-0.39, 0.29) is 0 Å². The number of imidazole rings is 1. The molecule has 3 heteroatoms. The van der Waals surface area contributed by atoms with Crippen LogP contribution in [-0.2, 0) is 13.0 Å². The Morgan fingerprint density at radius 1 is 1.38 bits per heavy atom. The molecule has 0 saturated heterocycles. The molecule has 2 N–H and O–H groups in total. The zero-order valence-electron chi connectivity index (χ0n) is 10.2. The maximum atomic E-state index is 5.72. The fourth-order valence-electron chi connectivity index (χ4n) is 1.99. The molecular formula is C13H19N3. The lowest BCUT2D eigenvalue weighted by molar-refractivity contribution is 0.763. The largest absolute Gasteiger partial charge is 0.325 e. The van der Waals surface area contributed by atoms with Crippen molar-refractivity contribution in [2.45, 2.75) is 39.7 Å². The molecule has 16 heavy (non-hydrogen) atoms. The first-order chi connectivity index (χ1) is 7.67. The molecule has 0 bridgehead atoms. The second kappa shape index (κ2) is 4.26. The molecular weight excluding hydrogens is 198 g/mol. The first-order valence-corrected chi connectivity index (χ1v) is 5.87. The molecule has 0 aliphatic heterocycles. The van der Waals surface area contributed by atoms with Crippen LogP contribution >= 0.6 is 0 Å². The van der Waals surface area contributed by atoms with E-state index in [1.54, 1.807) is 0 Å². The zero-order chi connectivity index (χ0) is 11.7. The summed E-state index contributed by atoms with van der Waals surface area (Å²) >= 11 is 0. The third-order valence-electron chi connectivity index (χ3n) is 2.92. The Hall–Kier alpha value is -1.35.